The van der Waals surface area contributed by atoms with Gasteiger partial charge in [-0.05, 0) is 44.4 Å². The van der Waals surface area contributed by atoms with Crippen LogP contribution in [-0.4, -0.2) is 5.11 Å². The molecule has 0 aliphatic carbocycles. The van der Waals surface area contributed by atoms with Crippen molar-refractivity contribution in [1.82, 2.24) is 0 Å². The molecular weight excluding hydrogens is 228 g/mol. The van der Waals surface area contributed by atoms with Gasteiger partial charge < -0.3 is 5.11 Å². The molecule has 0 aliphatic heterocycles. The first kappa shape index (κ1) is 12.3. The lowest BCUT2D eigenvalue weighted by molar-refractivity contribution is 0.171. The van der Waals surface area contributed by atoms with Crippen LogP contribution in [0.25, 0.3) is 0 Å². The maximum Gasteiger partial charge on any atom is 0.0885 e. The van der Waals surface area contributed by atoms with Crippen LogP contribution in [0.2, 0.25) is 0 Å². The first-order valence-electron chi connectivity index (χ1n) is 5.95. The minimum Gasteiger partial charge on any atom is -0.388 e. The zero-order valence-corrected chi connectivity index (χ0v) is 11.1. The highest BCUT2D eigenvalue weighted by Gasteiger charge is 2.09. The van der Waals surface area contributed by atoms with E-state index in [0.29, 0.717) is 0 Å². The number of aliphatic hydroxyl groups excluding tert-OH is 1. The summed E-state index contributed by atoms with van der Waals surface area (Å²) >= 11 is 1.68. The minimum absolute atomic E-state index is 0.324. The predicted molar refractivity (Wildman–Crippen MR) is 73.5 cm³/mol. The number of hydrogen-bond donors (Lipinski definition) is 1. The monoisotopic (exact) mass is 246 g/mol. The largest absolute Gasteiger partial charge is 0.388 e. The molecule has 0 aliphatic rings. The van der Waals surface area contributed by atoms with E-state index in [2.05, 4.69) is 44.2 Å². The van der Waals surface area contributed by atoms with Gasteiger partial charge in [-0.2, -0.15) is 0 Å². The average molecular weight is 246 g/mol. The zero-order chi connectivity index (χ0) is 12.3. The summed E-state index contributed by atoms with van der Waals surface area (Å²) in [6.07, 6.45) is 1.40. The summed E-state index contributed by atoms with van der Waals surface area (Å²) in [5.74, 6) is 0. The number of benzene rings is 1. The van der Waals surface area contributed by atoms with Crippen molar-refractivity contribution in [2.75, 3.05) is 0 Å². The van der Waals surface area contributed by atoms with Crippen LogP contribution < -0.4 is 0 Å². The number of thiophene rings is 1. The Kier molecular flexibility index (Phi) is 3.97. The van der Waals surface area contributed by atoms with Gasteiger partial charge in [0.25, 0.3) is 0 Å². The van der Waals surface area contributed by atoms with Gasteiger partial charge in [0.1, 0.15) is 0 Å². The first-order chi connectivity index (χ1) is 8.15. The molecule has 1 aromatic heterocycles. The maximum absolute atomic E-state index is 10.1. The van der Waals surface area contributed by atoms with Crippen LogP contribution in [0.4, 0.5) is 0 Å². The normalized spacial score (nSPS) is 12.6. The van der Waals surface area contributed by atoms with E-state index in [4.69, 9.17) is 0 Å². The van der Waals surface area contributed by atoms with Crippen LogP contribution in [0.3, 0.4) is 0 Å². The highest BCUT2D eigenvalue weighted by Crippen LogP contribution is 2.26. The molecule has 0 spiro atoms. The highest BCUT2D eigenvalue weighted by molar-refractivity contribution is 7.12. The lowest BCUT2D eigenvalue weighted by Crippen LogP contribution is -1.97. The van der Waals surface area contributed by atoms with Gasteiger partial charge in [0, 0.05) is 9.75 Å². The average Bonchev–Trinajstić information content (AvgIpc) is 2.75. The van der Waals surface area contributed by atoms with Crippen LogP contribution in [0.5, 0.6) is 0 Å². The summed E-state index contributed by atoms with van der Waals surface area (Å²) in [4.78, 5) is 2.34. The summed E-state index contributed by atoms with van der Waals surface area (Å²) in [5, 5.41) is 10.1. The summed E-state index contributed by atoms with van der Waals surface area (Å²) in [6, 6.07) is 12.6. The Hall–Kier alpha value is -1.12. The van der Waals surface area contributed by atoms with Crippen molar-refractivity contribution in [3.63, 3.8) is 0 Å². The van der Waals surface area contributed by atoms with E-state index in [1.165, 1.54) is 16.0 Å². The minimum atomic E-state index is -0.324. The van der Waals surface area contributed by atoms with Gasteiger partial charge in [-0.15, -0.1) is 11.3 Å². The van der Waals surface area contributed by atoms with Crippen molar-refractivity contribution in [3.05, 3.63) is 57.3 Å². The molecule has 0 amide bonds. The lowest BCUT2D eigenvalue weighted by atomic mass is 10.0. The van der Waals surface area contributed by atoms with Crippen LogP contribution in [0.15, 0.2) is 36.4 Å². The number of hydrogen-bond acceptors (Lipinski definition) is 2. The molecule has 2 rings (SSSR count). The summed E-state index contributed by atoms with van der Waals surface area (Å²) in [7, 11) is 0. The third-order valence-electron chi connectivity index (χ3n) is 2.92. The second-order valence-electron chi connectivity index (χ2n) is 4.49. The summed E-state index contributed by atoms with van der Waals surface area (Å²) < 4.78 is 0. The number of aliphatic hydroxyl groups is 1. The standard InChI is InChI=1S/C15H18OS/c1-11-3-6-13(7-4-11)8-9-14(16)15-10-5-12(2)17-15/h3-7,10,14,16H,8-9H2,1-2H3. The fourth-order valence-electron chi connectivity index (χ4n) is 1.83. The van der Waals surface area contributed by atoms with Crippen LogP contribution in [-0.2, 0) is 6.42 Å². The Labute approximate surface area is 107 Å². The molecule has 0 radical (unpaired) electrons. The highest BCUT2D eigenvalue weighted by atomic mass is 32.1. The molecule has 1 heterocycles. The van der Waals surface area contributed by atoms with Crippen molar-refractivity contribution in [2.45, 2.75) is 32.8 Å². The SMILES string of the molecule is Cc1ccc(CCC(O)c2ccc(C)s2)cc1. The van der Waals surface area contributed by atoms with Crippen LogP contribution in [0, 0.1) is 13.8 Å². The van der Waals surface area contributed by atoms with Crippen LogP contribution in [0.1, 0.15) is 33.4 Å². The van der Waals surface area contributed by atoms with E-state index >= 15 is 0 Å². The first-order valence-corrected chi connectivity index (χ1v) is 6.77. The van der Waals surface area contributed by atoms with E-state index in [1.54, 1.807) is 11.3 Å². The molecule has 2 aromatic rings. The predicted octanol–water partition coefficient (Wildman–Crippen LogP) is 4.03. The molecule has 0 fully saturated rings. The molecule has 1 atom stereocenters. The Morgan fingerprint density at radius 2 is 1.76 bits per heavy atom. The molecule has 1 nitrogen and oxygen atoms in total. The van der Waals surface area contributed by atoms with Gasteiger partial charge in [0.05, 0.1) is 6.10 Å². The van der Waals surface area contributed by atoms with Gasteiger partial charge in [-0.1, -0.05) is 29.8 Å². The van der Waals surface area contributed by atoms with Crippen molar-refractivity contribution in [1.29, 1.82) is 0 Å². The van der Waals surface area contributed by atoms with Gasteiger partial charge in [-0.25, -0.2) is 0 Å². The second kappa shape index (κ2) is 5.48. The fourth-order valence-corrected chi connectivity index (χ4v) is 2.73. The van der Waals surface area contributed by atoms with E-state index in [9.17, 15) is 5.11 Å². The Bertz CT molecular complexity index is 470. The van der Waals surface area contributed by atoms with Gasteiger partial charge in [0.15, 0.2) is 0 Å². The van der Waals surface area contributed by atoms with E-state index in [-0.39, 0.29) is 6.10 Å². The molecule has 1 aromatic carbocycles. The molecular formula is C15H18OS. The second-order valence-corrected chi connectivity index (χ2v) is 5.81. The third-order valence-corrected chi connectivity index (χ3v) is 4.02. The van der Waals surface area contributed by atoms with Crippen molar-refractivity contribution < 1.29 is 5.11 Å². The van der Waals surface area contributed by atoms with Crippen molar-refractivity contribution >= 4 is 11.3 Å². The number of rotatable bonds is 4. The fraction of sp³-hybridized carbons (Fsp3) is 0.333. The van der Waals surface area contributed by atoms with E-state index in [0.717, 1.165) is 17.7 Å². The van der Waals surface area contributed by atoms with E-state index in [1.807, 2.05) is 6.07 Å². The quantitative estimate of drug-likeness (QED) is 0.863. The molecule has 2 heteroatoms. The van der Waals surface area contributed by atoms with Crippen LogP contribution >= 0.6 is 11.3 Å². The zero-order valence-electron chi connectivity index (χ0n) is 10.3. The lowest BCUT2D eigenvalue weighted by Gasteiger charge is -2.08. The molecule has 1 unspecified atom stereocenters. The molecule has 17 heavy (non-hydrogen) atoms. The van der Waals surface area contributed by atoms with Gasteiger partial charge >= 0.3 is 0 Å². The molecule has 0 saturated heterocycles. The molecule has 90 valence electrons. The van der Waals surface area contributed by atoms with Crippen molar-refractivity contribution in [3.8, 4) is 0 Å². The maximum atomic E-state index is 10.1. The Balaban J connectivity index is 1.92. The van der Waals surface area contributed by atoms with Gasteiger partial charge in [-0.3, -0.25) is 0 Å². The summed E-state index contributed by atoms with van der Waals surface area (Å²) in [6.45, 7) is 4.16. The molecule has 0 bridgehead atoms. The Morgan fingerprint density at radius 1 is 1.06 bits per heavy atom. The third kappa shape index (κ3) is 3.42. The topological polar surface area (TPSA) is 20.2 Å². The molecule has 0 saturated carbocycles. The van der Waals surface area contributed by atoms with Crippen molar-refractivity contribution in [2.24, 2.45) is 0 Å². The number of aryl methyl sites for hydroxylation is 3. The molecule has 1 N–H and O–H groups in total. The Morgan fingerprint density at radius 3 is 2.35 bits per heavy atom. The van der Waals surface area contributed by atoms with Gasteiger partial charge in [0.2, 0.25) is 0 Å². The summed E-state index contributed by atoms with van der Waals surface area (Å²) in [5.41, 5.74) is 2.58. The van der Waals surface area contributed by atoms with E-state index < -0.39 is 0 Å². The smallest absolute Gasteiger partial charge is 0.0885 e.